The van der Waals surface area contributed by atoms with Crippen LogP contribution in [0.5, 0.6) is 0 Å². The van der Waals surface area contributed by atoms with Gasteiger partial charge in [-0.3, -0.25) is 9.69 Å². The zero-order valence-electron chi connectivity index (χ0n) is 12.0. The number of rotatable bonds is 5. The molecule has 0 spiro atoms. The van der Waals surface area contributed by atoms with E-state index in [0.29, 0.717) is 30.5 Å². The molecule has 1 N–H and O–H groups in total. The van der Waals surface area contributed by atoms with Gasteiger partial charge in [-0.05, 0) is 25.7 Å². The molecule has 1 aliphatic carbocycles. The Balaban J connectivity index is 1.87. The summed E-state index contributed by atoms with van der Waals surface area (Å²) >= 11 is 0. The minimum absolute atomic E-state index is 0.333. The van der Waals surface area contributed by atoms with E-state index in [1.165, 1.54) is 12.8 Å². The molecule has 2 rings (SSSR count). The van der Waals surface area contributed by atoms with Gasteiger partial charge >= 0.3 is 0 Å². The molecular weight excluding hydrogens is 226 g/mol. The maximum atomic E-state index is 12.4. The molecule has 1 saturated carbocycles. The monoisotopic (exact) mass is 253 g/mol. The Morgan fingerprint density at radius 1 is 1.44 bits per heavy atom. The highest BCUT2D eigenvalue weighted by molar-refractivity contribution is 5.79. The Labute approximate surface area is 111 Å². The summed E-state index contributed by atoms with van der Waals surface area (Å²) in [5, 5.41) is 3.37. The number of piperazine rings is 1. The van der Waals surface area contributed by atoms with Crippen LogP contribution < -0.4 is 5.32 Å². The Bertz CT molecular complexity index is 289. The van der Waals surface area contributed by atoms with E-state index in [1.807, 2.05) is 0 Å². The molecular formula is C14H27N3O. The van der Waals surface area contributed by atoms with Gasteiger partial charge in [0.2, 0.25) is 5.91 Å². The van der Waals surface area contributed by atoms with Crippen molar-refractivity contribution in [2.24, 2.45) is 5.92 Å². The molecule has 18 heavy (non-hydrogen) atoms. The average molecular weight is 253 g/mol. The lowest BCUT2D eigenvalue weighted by atomic mass is 10.2. The zero-order chi connectivity index (χ0) is 13.1. The van der Waals surface area contributed by atoms with Gasteiger partial charge in [0.25, 0.3) is 0 Å². The lowest BCUT2D eigenvalue weighted by Crippen LogP contribution is -2.53. The molecule has 0 bridgehead atoms. The first-order valence-electron chi connectivity index (χ1n) is 7.32. The Hall–Kier alpha value is -0.610. The third kappa shape index (κ3) is 3.69. The van der Waals surface area contributed by atoms with Crippen molar-refractivity contribution in [3.05, 3.63) is 0 Å². The van der Waals surface area contributed by atoms with Gasteiger partial charge in [-0.2, -0.15) is 0 Å². The number of carbonyl (C=O) groups is 1. The average Bonchev–Trinajstić information content (AvgIpc) is 3.12. The Kier molecular flexibility index (Phi) is 4.62. The summed E-state index contributed by atoms with van der Waals surface area (Å²) in [5.41, 5.74) is 0. The van der Waals surface area contributed by atoms with E-state index < -0.39 is 0 Å². The first-order valence-corrected chi connectivity index (χ1v) is 7.32. The molecule has 0 aromatic carbocycles. The first-order chi connectivity index (χ1) is 8.58. The van der Waals surface area contributed by atoms with Crippen LogP contribution in [0, 0.1) is 5.92 Å². The van der Waals surface area contributed by atoms with E-state index >= 15 is 0 Å². The van der Waals surface area contributed by atoms with Crippen molar-refractivity contribution in [1.29, 1.82) is 0 Å². The lowest BCUT2D eigenvalue weighted by Gasteiger charge is -2.35. The molecule has 1 heterocycles. The largest absolute Gasteiger partial charge is 0.338 e. The normalized spacial score (nSPS) is 25.4. The smallest absolute Gasteiger partial charge is 0.237 e. The van der Waals surface area contributed by atoms with E-state index in [2.05, 4.69) is 35.9 Å². The third-order valence-electron chi connectivity index (χ3n) is 3.85. The third-order valence-corrected chi connectivity index (χ3v) is 3.85. The molecule has 0 radical (unpaired) electrons. The fourth-order valence-corrected chi connectivity index (χ4v) is 2.62. The number of hydrogen-bond donors (Lipinski definition) is 1. The van der Waals surface area contributed by atoms with Gasteiger partial charge in [-0.15, -0.1) is 0 Å². The number of hydrogen-bond acceptors (Lipinski definition) is 3. The maximum Gasteiger partial charge on any atom is 0.237 e. The summed E-state index contributed by atoms with van der Waals surface area (Å²) < 4.78 is 0. The highest BCUT2D eigenvalue weighted by Gasteiger charge is 2.34. The van der Waals surface area contributed by atoms with Gasteiger partial charge in [-0.25, -0.2) is 0 Å². The second-order valence-electron chi connectivity index (χ2n) is 6.19. The highest BCUT2D eigenvalue weighted by atomic mass is 16.2. The fourth-order valence-electron chi connectivity index (χ4n) is 2.62. The van der Waals surface area contributed by atoms with E-state index in [4.69, 9.17) is 0 Å². The first kappa shape index (κ1) is 13.8. The van der Waals surface area contributed by atoms with Crippen molar-refractivity contribution >= 4 is 5.91 Å². The quantitative estimate of drug-likeness (QED) is 0.791. The van der Waals surface area contributed by atoms with E-state index in [0.717, 1.165) is 26.2 Å². The van der Waals surface area contributed by atoms with Crippen molar-refractivity contribution < 1.29 is 4.79 Å². The molecule has 0 aromatic heterocycles. The van der Waals surface area contributed by atoms with Crippen LogP contribution in [0.1, 0.15) is 33.6 Å². The molecule has 1 amide bonds. The molecule has 1 atom stereocenters. The lowest BCUT2D eigenvalue weighted by molar-refractivity contribution is -0.134. The van der Waals surface area contributed by atoms with Crippen molar-refractivity contribution in [3.8, 4) is 0 Å². The fraction of sp³-hybridized carbons (Fsp3) is 0.929. The molecule has 2 fully saturated rings. The summed E-state index contributed by atoms with van der Waals surface area (Å²) in [6, 6.07) is 1.01. The zero-order valence-corrected chi connectivity index (χ0v) is 12.0. The second-order valence-corrected chi connectivity index (χ2v) is 6.19. The summed E-state index contributed by atoms with van der Waals surface area (Å²) in [4.78, 5) is 16.9. The standard InChI is InChI=1S/C14H27N3O/c1-11(2)9-17(13-4-5-13)14(18)10-16-7-6-15-8-12(16)3/h11-13,15H,4-10H2,1-3H3/t12-/m1/s1. The van der Waals surface area contributed by atoms with Crippen LogP contribution in [-0.4, -0.2) is 60.5 Å². The minimum Gasteiger partial charge on any atom is -0.338 e. The second kappa shape index (κ2) is 6.02. The summed E-state index contributed by atoms with van der Waals surface area (Å²) in [7, 11) is 0. The van der Waals surface area contributed by atoms with Gasteiger partial charge in [0.1, 0.15) is 0 Å². The number of nitrogens with one attached hydrogen (secondary N) is 1. The van der Waals surface area contributed by atoms with Gasteiger partial charge < -0.3 is 10.2 Å². The molecule has 1 saturated heterocycles. The van der Waals surface area contributed by atoms with Gasteiger partial charge in [0, 0.05) is 38.3 Å². The van der Waals surface area contributed by atoms with Crippen LogP contribution in [0.15, 0.2) is 0 Å². The highest BCUT2D eigenvalue weighted by Crippen LogP contribution is 2.27. The SMILES string of the molecule is CC(C)CN(C(=O)CN1CCNC[C@H]1C)C1CC1. The predicted octanol–water partition coefficient (Wildman–Crippen LogP) is 0.927. The molecule has 4 nitrogen and oxygen atoms in total. The number of nitrogens with zero attached hydrogens (tertiary/aromatic N) is 2. The van der Waals surface area contributed by atoms with Crippen LogP contribution >= 0.6 is 0 Å². The Morgan fingerprint density at radius 3 is 2.72 bits per heavy atom. The van der Waals surface area contributed by atoms with Crippen molar-refractivity contribution in [2.45, 2.75) is 45.7 Å². The predicted molar refractivity (Wildman–Crippen MR) is 73.5 cm³/mol. The van der Waals surface area contributed by atoms with Crippen molar-refractivity contribution in [2.75, 3.05) is 32.7 Å². The van der Waals surface area contributed by atoms with Crippen LogP contribution in [0.2, 0.25) is 0 Å². The molecule has 0 aromatic rings. The molecule has 1 aliphatic heterocycles. The van der Waals surface area contributed by atoms with E-state index in [-0.39, 0.29) is 0 Å². The minimum atomic E-state index is 0.333. The summed E-state index contributed by atoms with van der Waals surface area (Å²) in [5.74, 6) is 0.898. The topological polar surface area (TPSA) is 35.6 Å². The van der Waals surface area contributed by atoms with Gasteiger partial charge in [0.05, 0.1) is 6.54 Å². The molecule has 0 unspecified atom stereocenters. The van der Waals surface area contributed by atoms with E-state index in [1.54, 1.807) is 0 Å². The van der Waals surface area contributed by atoms with Gasteiger partial charge in [0.15, 0.2) is 0 Å². The summed E-state index contributed by atoms with van der Waals surface area (Å²) in [6.07, 6.45) is 2.41. The van der Waals surface area contributed by atoms with Crippen LogP contribution in [-0.2, 0) is 4.79 Å². The number of carbonyl (C=O) groups excluding carboxylic acids is 1. The van der Waals surface area contributed by atoms with E-state index in [9.17, 15) is 4.79 Å². The molecule has 2 aliphatic rings. The van der Waals surface area contributed by atoms with Crippen LogP contribution in [0.3, 0.4) is 0 Å². The molecule has 4 heteroatoms. The van der Waals surface area contributed by atoms with Gasteiger partial charge in [-0.1, -0.05) is 13.8 Å². The number of amides is 1. The Morgan fingerprint density at radius 2 is 2.17 bits per heavy atom. The van der Waals surface area contributed by atoms with Crippen LogP contribution in [0.4, 0.5) is 0 Å². The molecule has 104 valence electrons. The van der Waals surface area contributed by atoms with Crippen molar-refractivity contribution in [3.63, 3.8) is 0 Å². The maximum absolute atomic E-state index is 12.4. The summed E-state index contributed by atoms with van der Waals surface area (Å²) in [6.45, 7) is 11.1. The van der Waals surface area contributed by atoms with Crippen LogP contribution in [0.25, 0.3) is 0 Å². The van der Waals surface area contributed by atoms with Crippen molar-refractivity contribution in [1.82, 2.24) is 15.1 Å².